The molecule has 0 atom stereocenters. The van der Waals surface area contributed by atoms with E-state index in [1.807, 2.05) is 13.0 Å². The smallest absolute Gasteiger partial charge is 0.408 e. The van der Waals surface area contributed by atoms with E-state index in [1.54, 1.807) is 22.8 Å². The Labute approximate surface area is 102 Å². The lowest BCUT2D eigenvalue weighted by atomic mass is 10.1. The van der Waals surface area contributed by atoms with Crippen molar-refractivity contribution in [3.8, 4) is 11.3 Å². The van der Waals surface area contributed by atoms with Gasteiger partial charge >= 0.3 is 5.76 Å². The predicted molar refractivity (Wildman–Crippen MR) is 66.1 cm³/mol. The second-order valence-corrected chi connectivity index (χ2v) is 3.91. The summed E-state index contributed by atoms with van der Waals surface area (Å²) in [6, 6.07) is 6.99. The van der Waals surface area contributed by atoms with Crippen molar-refractivity contribution in [2.24, 2.45) is 0 Å². The van der Waals surface area contributed by atoms with E-state index < -0.39 is 0 Å². The second-order valence-electron chi connectivity index (χ2n) is 3.91. The van der Waals surface area contributed by atoms with Crippen LogP contribution in [0.25, 0.3) is 22.4 Å². The summed E-state index contributed by atoms with van der Waals surface area (Å²) in [5, 5.41) is 3.63. The molecule has 0 spiro atoms. The first kappa shape index (κ1) is 10.6. The first-order valence-corrected chi connectivity index (χ1v) is 5.55. The Bertz CT molecular complexity index is 766. The molecule has 0 radical (unpaired) electrons. The molecular formula is C12H11N3O3. The molecule has 3 aromatic rings. The minimum absolute atomic E-state index is 0.324. The van der Waals surface area contributed by atoms with E-state index in [0.29, 0.717) is 23.7 Å². The Hall–Kier alpha value is -2.50. The zero-order valence-electron chi connectivity index (χ0n) is 9.71. The first-order chi connectivity index (χ1) is 8.69. The number of benzene rings is 1. The molecule has 0 aliphatic rings. The van der Waals surface area contributed by atoms with Crippen molar-refractivity contribution < 1.29 is 8.94 Å². The number of fused-ring (bicyclic) bond motifs is 1. The number of aromatic nitrogens is 2. The highest BCUT2D eigenvalue weighted by Crippen LogP contribution is 2.25. The van der Waals surface area contributed by atoms with Crippen LogP contribution in [0.1, 0.15) is 6.92 Å². The summed E-state index contributed by atoms with van der Waals surface area (Å²) < 4.78 is 11.8. The molecule has 0 amide bonds. The number of oxazole rings is 1. The molecule has 0 saturated heterocycles. The number of hydrogen-bond donors (Lipinski definition) is 1. The Morgan fingerprint density at radius 1 is 1.39 bits per heavy atom. The van der Waals surface area contributed by atoms with Crippen LogP contribution >= 0.6 is 0 Å². The maximum Gasteiger partial charge on any atom is 0.419 e. The van der Waals surface area contributed by atoms with Crippen LogP contribution in [0.5, 0.6) is 0 Å². The van der Waals surface area contributed by atoms with Crippen molar-refractivity contribution in [1.29, 1.82) is 0 Å². The number of nitrogens with two attached hydrogens (primary N) is 1. The number of anilines is 1. The minimum atomic E-state index is -0.360. The van der Waals surface area contributed by atoms with Gasteiger partial charge in [-0.2, -0.15) is 0 Å². The zero-order valence-corrected chi connectivity index (χ0v) is 9.71. The van der Waals surface area contributed by atoms with E-state index in [4.69, 9.17) is 14.7 Å². The van der Waals surface area contributed by atoms with Gasteiger partial charge in [0, 0.05) is 18.2 Å². The van der Waals surface area contributed by atoms with Gasteiger partial charge in [0.05, 0.1) is 5.52 Å². The molecule has 92 valence electrons. The number of rotatable bonds is 2. The number of hydrogen-bond acceptors (Lipinski definition) is 5. The van der Waals surface area contributed by atoms with Crippen LogP contribution in [-0.2, 0) is 6.54 Å². The molecule has 2 aromatic heterocycles. The van der Waals surface area contributed by atoms with Crippen molar-refractivity contribution >= 4 is 16.9 Å². The van der Waals surface area contributed by atoms with Crippen LogP contribution in [0.15, 0.2) is 38.0 Å². The molecule has 0 saturated carbocycles. The highest BCUT2D eigenvalue weighted by atomic mass is 16.5. The Kier molecular flexibility index (Phi) is 2.22. The van der Waals surface area contributed by atoms with Gasteiger partial charge < -0.3 is 14.7 Å². The van der Waals surface area contributed by atoms with E-state index in [1.165, 1.54) is 0 Å². The molecule has 0 bridgehead atoms. The maximum atomic E-state index is 11.6. The first-order valence-electron chi connectivity index (χ1n) is 5.55. The van der Waals surface area contributed by atoms with Crippen LogP contribution in [0.2, 0.25) is 0 Å². The fraction of sp³-hybridized carbons (Fsp3) is 0.167. The van der Waals surface area contributed by atoms with Crippen LogP contribution in [0.4, 0.5) is 5.82 Å². The van der Waals surface area contributed by atoms with Gasteiger partial charge in [-0.15, -0.1) is 0 Å². The topological polar surface area (TPSA) is 87.2 Å². The Morgan fingerprint density at radius 2 is 2.22 bits per heavy atom. The van der Waals surface area contributed by atoms with Crippen molar-refractivity contribution in [1.82, 2.24) is 9.72 Å². The normalized spacial score (nSPS) is 11.2. The van der Waals surface area contributed by atoms with Gasteiger partial charge in [-0.05, 0) is 25.1 Å². The predicted octanol–water partition coefficient (Wildman–Crippen LogP) is 1.85. The van der Waals surface area contributed by atoms with Gasteiger partial charge in [0.15, 0.2) is 17.2 Å². The molecule has 0 unspecified atom stereocenters. The van der Waals surface area contributed by atoms with Gasteiger partial charge in [0.25, 0.3) is 0 Å². The lowest BCUT2D eigenvalue weighted by Gasteiger charge is -1.98. The summed E-state index contributed by atoms with van der Waals surface area (Å²) >= 11 is 0. The maximum absolute atomic E-state index is 11.6. The summed E-state index contributed by atoms with van der Waals surface area (Å²) in [6.07, 6.45) is 0. The van der Waals surface area contributed by atoms with Crippen molar-refractivity contribution in [3.05, 3.63) is 34.8 Å². The lowest BCUT2D eigenvalue weighted by Crippen LogP contribution is -2.11. The Morgan fingerprint density at radius 3 is 2.89 bits per heavy atom. The molecule has 2 N–H and O–H groups in total. The fourth-order valence-electron chi connectivity index (χ4n) is 1.94. The molecule has 3 rings (SSSR count). The van der Waals surface area contributed by atoms with E-state index in [0.717, 1.165) is 11.1 Å². The molecule has 0 fully saturated rings. The van der Waals surface area contributed by atoms with E-state index in [-0.39, 0.29) is 5.76 Å². The summed E-state index contributed by atoms with van der Waals surface area (Å²) in [5.41, 5.74) is 7.60. The molecule has 1 aromatic carbocycles. The van der Waals surface area contributed by atoms with Crippen LogP contribution in [-0.4, -0.2) is 9.72 Å². The zero-order chi connectivity index (χ0) is 12.7. The third kappa shape index (κ3) is 1.50. The summed E-state index contributed by atoms with van der Waals surface area (Å²) in [4.78, 5) is 11.6. The Balaban J connectivity index is 2.24. The average Bonchev–Trinajstić information content (AvgIpc) is 2.91. The molecule has 18 heavy (non-hydrogen) atoms. The van der Waals surface area contributed by atoms with Crippen LogP contribution in [0, 0.1) is 0 Å². The molecule has 2 heterocycles. The monoisotopic (exact) mass is 245 g/mol. The average molecular weight is 245 g/mol. The quantitative estimate of drug-likeness (QED) is 0.744. The molecule has 0 aliphatic carbocycles. The van der Waals surface area contributed by atoms with Crippen molar-refractivity contribution in [3.63, 3.8) is 0 Å². The highest BCUT2D eigenvalue weighted by Gasteiger charge is 2.11. The number of nitrogen functional groups attached to an aromatic ring is 1. The third-order valence-corrected chi connectivity index (χ3v) is 2.80. The van der Waals surface area contributed by atoms with E-state index in [9.17, 15) is 4.79 Å². The van der Waals surface area contributed by atoms with Gasteiger partial charge in [-0.3, -0.25) is 4.57 Å². The van der Waals surface area contributed by atoms with Gasteiger partial charge in [-0.1, -0.05) is 5.16 Å². The molecule has 6 nitrogen and oxygen atoms in total. The summed E-state index contributed by atoms with van der Waals surface area (Å²) in [7, 11) is 0. The van der Waals surface area contributed by atoms with Crippen molar-refractivity contribution in [2.75, 3.05) is 5.73 Å². The number of nitrogens with zero attached hydrogens (tertiary/aromatic N) is 2. The number of aryl methyl sites for hydroxylation is 1. The molecule has 0 aliphatic heterocycles. The fourth-order valence-corrected chi connectivity index (χ4v) is 1.94. The summed E-state index contributed by atoms with van der Waals surface area (Å²) in [5.74, 6) is 0.526. The molecular weight excluding hydrogens is 234 g/mol. The van der Waals surface area contributed by atoms with Crippen LogP contribution in [0.3, 0.4) is 0 Å². The minimum Gasteiger partial charge on any atom is -0.408 e. The van der Waals surface area contributed by atoms with E-state index in [2.05, 4.69) is 5.16 Å². The molecule has 6 heteroatoms. The van der Waals surface area contributed by atoms with Crippen molar-refractivity contribution in [2.45, 2.75) is 13.5 Å². The van der Waals surface area contributed by atoms with Gasteiger partial charge in [-0.25, -0.2) is 4.79 Å². The largest absolute Gasteiger partial charge is 0.419 e. The summed E-state index contributed by atoms with van der Waals surface area (Å²) in [6.45, 7) is 2.43. The SMILES string of the molecule is CCn1c(=O)oc2ccc(-c3cc(N)no3)cc21. The highest BCUT2D eigenvalue weighted by molar-refractivity contribution is 5.79. The lowest BCUT2D eigenvalue weighted by molar-refractivity contribution is 0.436. The second kappa shape index (κ2) is 3.76. The van der Waals surface area contributed by atoms with Gasteiger partial charge in [0.1, 0.15) is 0 Å². The standard InChI is InChI=1S/C12H11N3O3/c1-2-15-8-5-7(10-6-11(13)14-18-10)3-4-9(8)17-12(15)16/h3-6H,2H2,1H3,(H2,13,14). The third-order valence-electron chi connectivity index (χ3n) is 2.80. The van der Waals surface area contributed by atoms with Gasteiger partial charge in [0.2, 0.25) is 0 Å². The van der Waals surface area contributed by atoms with E-state index >= 15 is 0 Å². The van der Waals surface area contributed by atoms with Crippen LogP contribution < -0.4 is 11.5 Å².